The molecule has 5 rings (SSSR count). The number of fused-ring (bicyclic) bond motifs is 1. The van der Waals surface area contributed by atoms with Crippen molar-refractivity contribution in [2.45, 2.75) is 0 Å². The number of nitrogens with zero attached hydrogens (tertiary/aromatic N) is 4. The van der Waals surface area contributed by atoms with Crippen molar-refractivity contribution in [3.05, 3.63) is 79.1 Å². The third-order valence-electron chi connectivity index (χ3n) is 5.76. The summed E-state index contributed by atoms with van der Waals surface area (Å²) in [6.07, 6.45) is 1.74. The van der Waals surface area contributed by atoms with Crippen LogP contribution in [0.5, 0.6) is 23.0 Å². The second kappa shape index (κ2) is 11.4. The largest absolute Gasteiger partial charge is 0.493 e. The lowest BCUT2D eigenvalue weighted by molar-refractivity contribution is 0.324. The van der Waals surface area contributed by atoms with E-state index in [2.05, 4.69) is 15.6 Å². The van der Waals surface area contributed by atoms with Gasteiger partial charge in [-0.05, 0) is 24.3 Å². The molecule has 0 atom stereocenters. The van der Waals surface area contributed by atoms with Gasteiger partial charge in [-0.25, -0.2) is 4.98 Å². The number of hydrogen-bond donors (Lipinski definition) is 2. The molecule has 2 aromatic heterocycles. The van der Waals surface area contributed by atoms with Crippen molar-refractivity contribution in [1.82, 2.24) is 19.5 Å². The van der Waals surface area contributed by atoms with E-state index in [1.165, 1.54) is 0 Å². The summed E-state index contributed by atoms with van der Waals surface area (Å²) in [5, 5.41) is 6.62. The molecule has 0 spiro atoms. The van der Waals surface area contributed by atoms with Crippen molar-refractivity contribution in [2.24, 2.45) is 0 Å². The van der Waals surface area contributed by atoms with Crippen LogP contribution in [0.2, 0.25) is 0 Å². The second-order valence-corrected chi connectivity index (χ2v) is 8.15. The van der Waals surface area contributed by atoms with Crippen LogP contribution >= 0.6 is 0 Å². The third kappa shape index (κ3) is 5.24. The Labute approximate surface area is 220 Å². The minimum atomic E-state index is 0.371. The van der Waals surface area contributed by atoms with Crippen LogP contribution in [-0.4, -0.2) is 54.0 Å². The van der Waals surface area contributed by atoms with E-state index in [0.717, 1.165) is 11.4 Å². The maximum Gasteiger partial charge on any atom is 0.231 e. The highest BCUT2D eigenvalue weighted by molar-refractivity contribution is 5.86. The predicted octanol–water partition coefficient (Wildman–Crippen LogP) is 5.08. The number of ether oxygens (including phenoxy) is 4. The van der Waals surface area contributed by atoms with Gasteiger partial charge in [-0.3, -0.25) is 4.57 Å². The maximum atomic E-state index is 5.83. The Morgan fingerprint density at radius 1 is 0.816 bits per heavy atom. The Morgan fingerprint density at radius 2 is 1.50 bits per heavy atom. The zero-order valence-corrected chi connectivity index (χ0v) is 21.3. The van der Waals surface area contributed by atoms with Crippen LogP contribution in [0.1, 0.15) is 0 Å². The first-order chi connectivity index (χ1) is 18.7. The van der Waals surface area contributed by atoms with Crippen molar-refractivity contribution in [2.75, 3.05) is 45.1 Å². The lowest BCUT2D eigenvalue weighted by atomic mass is 10.2. The van der Waals surface area contributed by atoms with E-state index in [4.69, 9.17) is 28.9 Å². The van der Waals surface area contributed by atoms with Gasteiger partial charge < -0.3 is 29.6 Å². The molecule has 0 amide bonds. The average molecular weight is 513 g/mol. The Hall–Kier alpha value is -4.99. The molecule has 0 aliphatic heterocycles. The molecule has 10 nitrogen and oxygen atoms in total. The number of benzene rings is 3. The van der Waals surface area contributed by atoms with Gasteiger partial charge in [-0.15, -0.1) is 0 Å². The molecule has 3 aromatic carbocycles. The summed E-state index contributed by atoms with van der Waals surface area (Å²) in [6.45, 7) is 0.966. The Balaban J connectivity index is 1.48. The Morgan fingerprint density at radius 3 is 2.16 bits per heavy atom. The van der Waals surface area contributed by atoms with Crippen LogP contribution in [0.4, 0.5) is 17.5 Å². The summed E-state index contributed by atoms with van der Waals surface area (Å²) in [4.78, 5) is 14.1. The fourth-order valence-corrected chi connectivity index (χ4v) is 3.99. The maximum absolute atomic E-state index is 5.83. The zero-order valence-electron chi connectivity index (χ0n) is 21.3. The number of aromatic nitrogens is 4. The summed E-state index contributed by atoms with van der Waals surface area (Å²) in [5.74, 6) is 3.29. The number of nitrogens with one attached hydrogen (secondary N) is 2. The van der Waals surface area contributed by atoms with Crippen molar-refractivity contribution in [3.8, 4) is 28.7 Å². The molecule has 0 saturated carbocycles. The molecule has 5 aromatic rings. The molecule has 0 radical (unpaired) electrons. The quantitative estimate of drug-likeness (QED) is 0.235. The molecule has 0 bridgehead atoms. The van der Waals surface area contributed by atoms with Crippen molar-refractivity contribution >= 4 is 28.6 Å². The van der Waals surface area contributed by atoms with Gasteiger partial charge in [-0.1, -0.05) is 36.4 Å². The van der Waals surface area contributed by atoms with Crippen LogP contribution in [-0.2, 0) is 0 Å². The molecule has 0 aliphatic carbocycles. The second-order valence-electron chi connectivity index (χ2n) is 8.15. The normalized spacial score (nSPS) is 10.7. The lowest BCUT2D eigenvalue weighted by Gasteiger charge is -2.15. The molecule has 2 heterocycles. The monoisotopic (exact) mass is 512 g/mol. The van der Waals surface area contributed by atoms with Gasteiger partial charge in [0, 0.05) is 23.5 Å². The molecule has 194 valence electrons. The summed E-state index contributed by atoms with van der Waals surface area (Å²) in [6, 6.07) is 23.2. The number of methoxy groups -OCH3 is 3. The molecule has 38 heavy (non-hydrogen) atoms. The first kappa shape index (κ1) is 24.7. The highest BCUT2D eigenvalue weighted by Crippen LogP contribution is 2.40. The van der Waals surface area contributed by atoms with Crippen molar-refractivity contribution in [3.63, 3.8) is 0 Å². The SMILES string of the molecule is COc1cc(Nc2nc(NCCOc3ccccc3)c3ncn(-c4ccccc4)c3n2)cc(OC)c1OC. The topological polar surface area (TPSA) is 105 Å². The fraction of sp³-hybridized carbons (Fsp3) is 0.179. The van der Waals surface area contributed by atoms with Crippen LogP contribution in [0.25, 0.3) is 16.9 Å². The van der Waals surface area contributed by atoms with E-state index >= 15 is 0 Å². The van der Waals surface area contributed by atoms with E-state index in [1.54, 1.807) is 39.8 Å². The molecular weight excluding hydrogens is 484 g/mol. The van der Waals surface area contributed by atoms with Crippen molar-refractivity contribution in [1.29, 1.82) is 0 Å². The van der Waals surface area contributed by atoms with Gasteiger partial charge in [0.25, 0.3) is 0 Å². The van der Waals surface area contributed by atoms with Gasteiger partial charge in [0.05, 0.1) is 27.9 Å². The van der Waals surface area contributed by atoms with E-state index < -0.39 is 0 Å². The summed E-state index contributed by atoms with van der Waals surface area (Å²) >= 11 is 0. The zero-order chi connectivity index (χ0) is 26.3. The minimum Gasteiger partial charge on any atom is -0.493 e. The van der Waals surface area contributed by atoms with Gasteiger partial charge in [-0.2, -0.15) is 9.97 Å². The molecule has 0 saturated heterocycles. The highest BCUT2D eigenvalue weighted by atomic mass is 16.5. The van der Waals surface area contributed by atoms with Crippen LogP contribution in [0.15, 0.2) is 79.1 Å². The van der Waals surface area contributed by atoms with E-state index in [-0.39, 0.29) is 0 Å². The van der Waals surface area contributed by atoms with Gasteiger partial charge in [0.2, 0.25) is 11.7 Å². The number of imidazole rings is 1. The highest BCUT2D eigenvalue weighted by Gasteiger charge is 2.17. The molecule has 2 N–H and O–H groups in total. The third-order valence-corrected chi connectivity index (χ3v) is 5.76. The standard InChI is InChI=1S/C28H28N6O4/c1-35-22-16-19(17-23(36-2)25(22)37-3)31-28-32-26(29-14-15-38-21-12-8-5-9-13-21)24-27(33-28)34(18-30-24)20-10-6-4-7-11-20/h4-13,16-18H,14-15H2,1-3H3,(H2,29,31,32,33). The lowest BCUT2D eigenvalue weighted by Crippen LogP contribution is -2.13. The molecule has 10 heteroatoms. The van der Waals surface area contributed by atoms with Crippen LogP contribution in [0, 0.1) is 0 Å². The first-order valence-electron chi connectivity index (χ1n) is 12.0. The smallest absolute Gasteiger partial charge is 0.231 e. The van der Waals surface area contributed by atoms with Crippen LogP contribution < -0.4 is 29.6 Å². The molecule has 0 unspecified atom stereocenters. The summed E-state index contributed by atoms with van der Waals surface area (Å²) in [7, 11) is 4.71. The van der Waals surface area contributed by atoms with Crippen molar-refractivity contribution < 1.29 is 18.9 Å². The van der Waals surface area contributed by atoms with Gasteiger partial charge >= 0.3 is 0 Å². The van der Waals surface area contributed by atoms with E-state index in [1.807, 2.05) is 65.2 Å². The van der Waals surface area contributed by atoms with Gasteiger partial charge in [0.15, 0.2) is 28.5 Å². The first-order valence-corrected chi connectivity index (χ1v) is 12.0. The molecular formula is C28H28N6O4. The fourth-order valence-electron chi connectivity index (χ4n) is 3.99. The average Bonchev–Trinajstić information content (AvgIpc) is 3.40. The molecule has 0 aliphatic rings. The Kier molecular flexibility index (Phi) is 7.39. The van der Waals surface area contributed by atoms with Crippen LogP contribution in [0.3, 0.4) is 0 Å². The van der Waals surface area contributed by atoms with Gasteiger partial charge in [0.1, 0.15) is 18.7 Å². The number of anilines is 3. The minimum absolute atomic E-state index is 0.371. The Bertz CT molecular complexity index is 1480. The molecule has 0 fully saturated rings. The van der Waals surface area contributed by atoms with E-state index in [9.17, 15) is 0 Å². The number of rotatable bonds is 11. The predicted molar refractivity (Wildman–Crippen MR) is 146 cm³/mol. The number of para-hydroxylation sites is 2. The summed E-state index contributed by atoms with van der Waals surface area (Å²) < 4.78 is 24.2. The summed E-state index contributed by atoms with van der Waals surface area (Å²) in [5.41, 5.74) is 2.89. The number of hydrogen-bond acceptors (Lipinski definition) is 9. The van der Waals surface area contributed by atoms with E-state index in [0.29, 0.717) is 59.0 Å².